The standard InChI is InChI=1S/C15H12FNO4/c1-20-12-6-8(2-4-10(12)16)14(18)9-3-5-11-13(7-9)21-15(19)17-11/h2-7,14,18H,1H3,(H,17,19). The monoisotopic (exact) mass is 289 g/mol. The fraction of sp³-hybridized carbons (Fsp3) is 0.133. The average molecular weight is 289 g/mol. The number of benzene rings is 2. The lowest BCUT2D eigenvalue weighted by Crippen LogP contribution is -2.01. The van der Waals surface area contributed by atoms with Crippen LogP contribution in [0.4, 0.5) is 4.39 Å². The summed E-state index contributed by atoms with van der Waals surface area (Å²) in [7, 11) is 1.36. The minimum atomic E-state index is -0.982. The normalized spacial score (nSPS) is 12.5. The molecule has 1 unspecified atom stereocenters. The van der Waals surface area contributed by atoms with Gasteiger partial charge in [0.1, 0.15) is 6.10 Å². The third-order valence-electron chi connectivity index (χ3n) is 3.25. The molecule has 0 bridgehead atoms. The second-order valence-corrected chi connectivity index (χ2v) is 4.57. The van der Waals surface area contributed by atoms with Crippen molar-refractivity contribution in [1.29, 1.82) is 0 Å². The Labute approximate surface area is 118 Å². The number of halogens is 1. The zero-order valence-corrected chi connectivity index (χ0v) is 11.1. The van der Waals surface area contributed by atoms with Gasteiger partial charge in [0.15, 0.2) is 17.1 Å². The number of aromatic nitrogens is 1. The second-order valence-electron chi connectivity index (χ2n) is 4.57. The van der Waals surface area contributed by atoms with Gasteiger partial charge in [0, 0.05) is 0 Å². The predicted octanol–water partition coefficient (Wildman–Crippen LogP) is 2.35. The van der Waals surface area contributed by atoms with Crippen molar-refractivity contribution in [3.05, 3.63) is 63.9 Å². The van der Waals surface area contributed by atoms with Gasteiger partial charge in [-0.25, -0.2) is 9.18 Å². The first kappa shape index (κ1) is 13.4. The van der Waals surface area contributed by atoms with Crippen molar-refractivity contribution in [3.8, 4) is 5.75 Å². The van der Waals surface area contributed by atoms with Crippen LogP contribution in [0.2, 0.25) is 0 Å². The van der Waals surface area contributed by atoms with Crippen LogP contribution in [0.25, 0.3) is 11.1 Å². The number of rotatable bonds is 3. The van der Waals surface area contributed by atoms with Crippen LogP contribution in [0.1, 0.15) is 17.2 Å². The maximum Gasteiger partial charge on any atom is 0.417 e. The maximum absolute atomic E-state index is 13.4. The number of nitrogens with one attached hydrogen (secondary N) is 1. The number of aliphatic hydroxyl groups is 1. The van der Waals surface area contributed by atoms with Crippen LogP contribution in [0.5, 0.6) is 5.75 Å². The number of oxazole rings is 1. The molecule has 0 spiro atoms. The molecule has 3 rings (SSSR count). The molecule has 3 aromatic rings. The molecule has 6 heteroatoms. The first-order chi connectivity index (χ1) is 10.1. The van der Waals surface area contributed by atoms with Gasteiger partial charge in [0.2, 0.25) is 0 Å². The SMILES string of the molecule is COc1cc(C(O)c2ccc3[nH]c(=O)oc3c2)ccc1F. The highest BCUT2D eigenvalue weighted by Gasteiger charge is 2.15. The Morgan fingerprint density at radius 3 is 2.71 bits per heavy atom. The molecular formula is C15H12FNO4. The third kappa shape index (κ3) is 2.41. The van der Waals surface area contributed by atoms with Crippen LogP contribution in [-0.4, -0.2) is 17.2 Å². The summed E-state index contributed by atoms with van der Waals surface area (Å²) >= 11 is 0. The predicted molar refractivity (Wildman–Crippen MR) is 73.8 cm³/mol. The molecule has 0 aliphatic rings. The molecule has 1 atom stereocenters. The summed E-state index contributed by atoms with van der Waals surface area (Å²) in [5.74, 6) is -0.999. The zero-order chi connectivity index (χ0) is 15.0. The van der Waals surface area contributed by atoms with E-state index in [1.807, 2.05) is 0 Å². The van der Waals surface area contributed by atoms with Gasteiger partial charge in [-0.3, -0.25) is 4.98 Å². The minimum Gasteiger partial charge on any atom is -0.494 e. The fourth-order valence-electron chi connectivity index (χ4n) is 2.17. The lowest BCUT2D eigenvalue weighted by molar-refractivity contribution is 0.219. The molecule has 108 valence electrons. The molecule has 0 saturated heterocycles. The van der Waals surface area contributed by atoms with Crippen molar-refractivity contribution in [2.75, 3.05) is 7.11 Å². The fourth-order valence-corrected chi connectivity index (χ4v) is 2.17. The van der Waals surface area contributed by atoms with Gasteiger partial charge < -0.3 is 14.3 Å². The number of ether oxygens (including phenoxy) is 1. The van der Waals surface area contributed by atoms with Gasteiger partial charge in [0.05, 0.1) is 12.6 Å². The van der Waals surface area contributed by atoms with E-state index in [9.17, 15) is 14.3 Å². The summed E-state index contributed by atoms with van der Waals surface area (Å²) in [5.41, 5.74) is 1.91. The van der Waals surface area contributed by atoms with E-state index in [1.54, 1.807) is 18.2 Å². The van der Waals surface area contributed by atoms with E-state index >= 15 is 0 Å². The highest BCUT2D eigenvalue weighted by Crippen LogP contribution is 2.28. The molecule has 1 aromatic heterocycles. The van der Waals surface area contributed by atoms with Crippen molar-refractivity contribution in [2.24, 2.45) is 0 Å². The van der Waals surface area contributed by atoms with Crippen molar-refractivity contribution in [3.63, 3.8) is 0 Å². The lowest BCUT2D eigenvalue weighted by atomic mass is 10.0. The second kappa shape index (κ2) is 5.06. The third-order valence-corrected chi connectivity index (χ3v) is 3.25. The topological polar surface area (TPSA) is 75.5 Å². The Morgan fingerprint density at radius 1 is 1.24 bits per heavy atom. The molecule has 0 amide bonds. The van der Waals surface area contributed by atoms with Crippen molar-refractivity contribution < 1.29 is 18.7 Å². The van der Waals surface area contributed by atoms with E-state index in [4.69, 9.17) is 9.15 Å². The number of methoxy groups -OCH3 is 1. The number of aromatic amines is 1. The smallest absolute Gasteiger partial charge is 0.417 e. The largest absolute Gasteiger partial charge is 0.494 e. The highest BCUT2D eigenvalue weighted by atomic mass is 19.1. The van der Waals surface area contributed by atoms with Crippen LogP contribution < -0.4 is 10.5 Å². The molecule has 1 heterocycles. The number of fused-ring (bicyclic) bond motifs is 1. The summed E-state index contributed by atoms with van der Waals surface area (Å²) in [6.07, 6.45) is -0.982. The van der Waals surface area contributed by atoms with Crippen molar-refractivity contribution >= 4 is 11.1 Å². The zero-order valence-electron chi connectivity index (χ0n) is 11.1. The lowest BCUT2D eigenvalue weighted by Gasteiger charge is -2.13. The molecule has 2 aromatic carbocycles. The molecule has 0 fully saturated rings. The Bertz CT molecular complexity index is 852. The number of H-pyrrole nitrogens is 1. The molecule has 0 aliphatic heterocycles. The summed E-state index contributed by atoms with van der Waals surface area (Å²) in [6.45, 7) is 0. The van der Waals surface area contributed by atoms with Crippen LogP contribution in [0.15, 0.2) is 45.6 Å². The molecular weight excluding hydrogens is 277 g/mol. The van der Waals surface area contributed by atoms with E-state index in [0.717, 1.165) is 0 Å². The van der Waals surface area contributed by atoms with Gasteiger partial charge >= 0.3 is 5.76 Å². The molecule has 0 radical (unpaired) electrons. The van der Waals surface area contributed by atoms with Gasteiger partial charge in [-0.05, 0) is 35.4 Å². The molecule has 0 saturated carbocycles. The Kier molecular flexibility index (Phi) is 3.23. The van der Waals surface area contributed by atoms with E-state index in [1.165, 1.54) is 25.3 Å². The first-order valence-electron chi connectivity index (χ1n) is 6.23. The maximum atomic E-state index is 13.4. The van der Waals surface area contributed by atoms with Crippen LogP contribution in [0.3, 0.4) is 0 Å². The number of hydrogen-bond donors (Lipinski definition) is 2. The molecule has 2 N–H and O–H groups in total. The first-order valence-corrected chi connectivity index (χ1v) is 6.23. The molecule has 0 aliphatic carbocycles. The Morgan fingerprint density at radius 2 is 1.95 bits per heavy atom. The summed E-state index contributed by atoms with van der Waals surface area (Å²) in [5, 5.41) is 10.4. The number of aliphatic hydroxyl groups excluding tert-OH is 1. The van der Waals surface area contributed by atoms with Crippen molar-refractivity contribution in [2.45, 2.75) is 6.10 Å². The van der Waals surface area contributed by atoms with Crippen LogP contribution in [-0.2, 0) is 0 Å². The highest BCUT2D eigenvalue weighted by molar-refractivity contribution is 5.73. The van der Waals surface area contributed by atoms with E-state index in [0.29, 0.717) is 22.2 Å². The van der Waals surface area contributed by atoms with Crippen LogP contribution in [0, 0.1) is 5.82 Å². The molecule has 5 nitrogen and oxygen atoms in total. The minimum absolute atomic E-state index is 0.0563. The van der Waals surface area contributed by atoms with E-state index in [-0.39, 0.29) is 5.75 Å². The Balaban J connectivity index is 2.02. The van der Waals surface area contributed by atoms with Crippen LogP contribution >= 0.6 is 0 Å². The molecule has 21 heavy (non-hydrogen) atoms. The Hall–Kier alpha value is -2.60. The van der Waals surface area contributed by atoms with Gasteiger partial charge in [-0.1, -0.05) is 12.1 Å². The van der Waals surface area contributed by atoms with Gasteiger partial charge in [0.25, 0.3) is 0 Å². The van der Waals surface area contributed by atoms with E-state index in [2.05, 4.69) is 4.98 Å². The van der Waals surface area contributed by atoms with Gasteiger partial charge in [-0.2, -0.15) is 0 Å². The van der Waals surface area contributed by atoms with Gasteiger partial charge in [-0.15, -0.1) is 0 Å². The van der Waals surface area contributed by atoms with Crippen molar-refractivity contribution in [1.82, 2.24) is 4.98 Å². The summed E-state index contributed by atoms with van der Waals surface area (Å²) < 4.78 is 23.2. The summed E-state index contributed by atoms with van der Waals surface area (Å²) in [4.78, 5) is 13.6. The average Bonchev–Trinajstić information content (AvgIpc) is 2.86. The van der Waals surface area contributed by atoms with E-state index < -0.39 is 17.7 Å². The summed E-state index contributed by atoms with van der Waals surface area (Å²) in [6, 6.07) is 8.99. The number of hydrogen-bond acceptors (Lipinski definition) is 4. The quantitative estimate of drug-likeness (QED) is 0.776.